The topological polar surface area (TPSA) is 37.8 Å². The van der Waals surface area contributed by atoms with Crippen LogP contribution < -0.4 is 5.32 Å². The van der Waals surface area contributed by atoms with Gasteiger partial charge in [0, 0.05) is 17.3 Å². The number of rotatable bonds is 5. The molecular weight excluding hydrogens is 186 g/mol. The van der Waals surface area contributed by atoms with Gasteiger partial charge in [0.2, 0.25) is 0 Å². The minimum Gasteiger partial charge on any atom is -0.365 e. The summed E-state index contributed by atoms with van der Waals surface area (Å²) in [6, 6.07) is 2.03. The molecule has 0 radical (unpaired) electrons. The fourth-order valence-electron chi connectivity index (χ4n) is 1.69. The first-order valence-electron chi connectivity index (χ1n) is 5.66. The second-order valence-electron chi connectivity index (χ2n) is 4.51. The molecule has 0 saturated heterocycles. The van der Waals surface area contributed by atoms with Gasteiger partial charge in [-0.2, -0.15) is 0 Å². The molecular formula is C12H21N3. The minimum atomic E-state index is 0.105. The summed E-state index contributed by atoms with van der Waals surface area (Å²) < 4.78 is 0. The molecule has 0 saturated carbocycles. The average molecular weight is 207 g/mol. The zero-order chi connectivity index (χ0) is 11.3. The molecule has 3 nitrogen and oxygen atoms in total. The van der Waals surface area contributed by atoms with Crippen molar-refractivity contribution in [3.63, 3.8) is 0 Å². The monoisotopic (exact) mass is 207 g/mol. The van der Waals surface area contributed by atoms with Gasteiger partial charge in [-0.3, -0.25) is 0 Å². The second kappa shape index (κ2) is 5.10. The van der Waals surface area contributed by atoms with Crippen molar-refractivity contribution >= 4 is 5.82 Å². The normalized spacial score (nSPS) is 11.5. The molecule has 1 aromatic heterocycles. The molecule has 0 aliphatic carbocycles. The van der Waals surface area contributed by atoms with E-state index in [1.54, 1.807) is 6.33 Å². The molecule has 1 rings (SSSR count). The van der Waals surface area contributed by atoms with E-state index in [1.165, 1.54) is 6.42 Å². The lowest BCUT2D eigenvalue weighted by Crippen LogP contribution is -2.31. The fourth-order valence-corrected chi connectivity index (χ4v) is 1.69. The van der Waals surface area contributed by atoms with E-state index in [1.807, 2.05) is 6.07 Å². The summed E-state index contributed by atoms with van der Waals surface area (Å²) in [5.74, 6) is 0.931. The second-order valence-corrected chi connectivity index (χ2v) is 4.51. The van der Waals surface area contributed by atoms with Gasteiger partial charge in [0.05, 0.1) is 0 Å². The summed E-state index contributed by atoms with van der Waals surface area (Å²) in [5.41, 5.74) is 1.19. The van der Waals surface area contributed by atoms with Gasteiger partial charge in [-0.1, -0.05) is 20.3 Å². The largest absolute Gasteiger partial charge is 0.365 e. The van der Waals surface area contributed by atoms with Gasteiger partial charge in [-0.15, -0.1) is 0 Å². The van der Waals surface area contributed by atoms with Gasteiger partial charge in [-0.25, -0.2) is 9.97 Å². The number of anilines is 1. The lowest BCUT2D eigenvalue weighted by atomic mass is 9.99. The van der Waals surface area contributed by atoms with Crippen LogP contribution in [0.25, 0.3) is 0 Å². The number of nitrogens with one attached hydrogen (secondary N) is 1. The predicted octanol–water partition coefficient (Wildman–Crippen LogP) is 3.03. The molecule has 15 heavy (non-hydrogen) atoms. The summed E-state index contributed by atoms with van der Waals surface area (Å²) in [7, 11) is 0. The lowest BCUT2D eigenvalue weighted by molar-refractivity contribution is 0.509. The fraction of sp³-hybridized carbons (Fsp3) is 0.667. The predicted molar refractivity (Wildman–Crippen MR) is 64.0 cm³/mol. The molecule has 0 spiro atoms. The molecule has 1 N–H and O–H groups in total. The van der Waals surface area contributed by atoms with E-state index in [4.69, 9.17) is 0 Å². The number of hydrogen-bond acceptors (Lipinski definition) is 3. The van der Waals surface area contributed by atoms with E-state index >= 15 is 0 Å². The Labute approximate surface area is 92.3 Å². The smallest absolute Gasteiger partial charge is 0.130 e. The maximum atomic E-state index is 4.23. The van der Waals surface area contributed by atoms with Crippen molar-refractivity contribution in [1.29, 1.82) is 0 Å². The summed E-state index contributed by atoms with van der Waals surface area (Å²) in [4.78, 5) is 8.42. The first-order chi connectivity index (χ1) is 7.07. The van der Waals surface area contributed by atoms with Crippen LogP contribution in [0.2, 0.25) is 0 Å². The lowest BCUT2D eigenvalue weighted by Gasteiger charge is -2.26. The summed E-state index contributed by atoms with van der Waals surface area (Å²) >= 11 is 0. The van der Waals surface area contributed by atoms with E-state index in [-0.39, 0.29) is 5.54 Å². The Morgan fingerprint density at radius 3 is 2.60 bits per heavy atom. The van der Waals surface area contributed by atoms with Crippen molar-refractivity contribution in [2.24, 2.45) is 0 Å². The molecule has 3 heteroatoms. The van der Waals surface area contributed by atoms with Crippen LogP contribution in [-0.4, -0.2) is 15.5 Å². The third-order valence-corrected chi connectivity index (χ3v) is 2.43. The van der Waals surface area contributed by atoms with Crippen LogP contribution in [0, 0.1) is 0 Å². The van der Waals surface area contributed by atoms with E-state index < -0.39 is 0 Å². The standard InChI is InChI=1S/C12H21N3/c1-5-7-12(3,4)15-11-8-10(6-2)13-9-14-11/h8-9H,5-7H2,1-4H3,(H,13,14,15). The maximum absolute atomic E-state index is 4.23. The number of nitrogens with zero attached hydrogens (tertiary/aromatic N) is 2. The van der Waals surface area contributed by atoms with Crippen LogP contribution in [0.3, 0.4) is 0 Å². The van der Waals surface area contributed by atoms with Gasteiger partial charge < -0.3 is 5.32 Å². The van der Waals surface area contributed by atoms with Crippen molar-refractivity contribution in [3.05, 3.63) is 18.1 Å². The molecule has 0 unspecified atom stereocenters. The Morgan fingerprint density at radius 2 is 2.00 bits per heavy atom. The highest BCUT2D eigenvalue weighted by atomic mass is 15.1. The first-order valence-corrected chi connectivity index (χ1v) is 5.66. The number of aryl methyl sites for hydroxylation is 1. The molecule has 0 aromatic carbocycles. The Morgan fingerprint density at radius 1 is 1.27 bits per heavy atom. The molecule has 0 atom stereocenters. The zero-order valence-electron chi connectivity index (χ0n) is 10.2. The van der Waals surface area contributed by atoms with Gasteiger partial charge in [0.15, 0.2) is 0 Å². The highest BCUT2D eigenvalue weighted by molar-refractivity contribution is 5.37. The zero-order valence-corrected chi connectivity index (χ0v) is 10.2. The quantitative estimate of drug-likeness (QED) is 0.806. The van der Waals surface area contributed by atoms with Gasteiger partial charge >= 0.3 is 0 Å². The third-order valence-electron chi connectivity index (χ3n) is 2.43. The Bertz CT molecular complexity index is 307. The molecule has 0 amide bonds. The van der Waals surface area contributed by atoms with Crippen molar-refractivity contribution in [2.45, 2.75) is 52.5 Å². The third kappa shape index (κ3) is 3.86. The summed E-state index contributed by atoms with van der Waals surface area (Å²) in [5, 5.41) is 3.44. The molecule has 0 bridgehead atoms. The molecule has 84 valence electrons. The van der Waals surface area contributed by atoms with E-state index in [9.17, 15) is 0 Å². The minimum absolute atomic E-state index is 0.105. The number of hydrogen-bond donors (Lipinski definition) is 1. The van der Waals surface area contributed by atoms with Crippen molar-refractivity contribution in [3.8, 4) is 0 Å². The highest BCUT2D eigenvalue weighted by Crippen LogP contribution is 2.17. The van der Waals surface area contributed by atoms with Crippen LogP contribution in [0.15, 0.2) is 12.4 Å². The molecule has 1 aromatic rings. The van der Waals surface area contributed by atoms with E-state index in [0.717, 1.165) is 24.4 Å². The Kier molecular flexibility index (Phi) is 4.06. The SMILES string of the molecule is CCCC(C)(C)Nc1cc(CC)ncn1. The summed E-state index contributed by atoms with van der Waals surface area (Å²) in [6.45, 7) is 8.69. The molecule has 1 heterocycles. The molecule has 0 aliphatic rings. The van der Waals surface area contributed by atoms with Crippen molar-refractivity contribution < 1.29 is 0 Å². The van der Waals surface area contributed by atoms with Gasteiger partial charge in [0.25, 0.3) is 0 Å². The highest BCUT2D eigenvalue weighted by Gasteiger charge is 2.16. The molecule has 0 fully saturated rings. The van der Waals surface area contributed by atoms with Crippen molar-refractivity contribution in [2.75, 3.05) is 5.32 Å². The first kappa shape index (κ1) is 12.0. The maximum Gasteiger partial charge on any atom is 0.130 e. The Hall–Kier alpha value is -1.12. The number of aromatic nitrogens is 2. The van der Waals surface area contributed by atoms with Crippen LogP contribution in [-0.2, 0) is 6.42 Å². The van der Waals surface area contributed by atoms with Crippen LogP contribution in [0.4, 0.5) is 5.82 Å². The van der Waals surface area contributed by atoms with Crippen LogP contribution in [0.5, 0.6) is 0 Å². The van der Waals surface area contributed by atoms with Gasteiger partial charge in [-0.05, 0) is 26.7 Å². The molecule has 0 aliphatic heterocycles. The van der Waals surface area contributed by atoms with E-state index in [2.05, 4.69) is 43.0 Å². The summed E-state index contributed by atoms with van der Waals surface area (Å²) in [6.07, 6.45) is 4.89. The average Bonchev–Trinajstić information content (AvgIpc) is 2.17. The van der Waals surface area contributed by atoms with Crippen molar-refractivity contribution in [1.82, 2.24) is 9.97 Å². The van der Waals surface area contributed by atoms with Crippen LogP contribution in [0.1, 0.15) is 46.2 Å². The van der Waals surface area contributed by atoms with E-state index in [0.29, 0.717) is 0 Å². The van der Waals surface area contributed by atoms with Gasteiger partial charge in [0.1, 0.15) is 12.1 Å². The van der Waals surface area contributed by atoms with Crippen LogP contribution >= 0.6 is 0 Å². The Balaban J connectivity index is 2.71.